The zero-order valence-electron chi connectivity index (χ0n) is 4.93. The maximum Gasteiger partial charge on any atom is 0.259 e. The second kappa shape index (κ2) is 3.30. The maximum atomic E-state index is 11.9. The highest BCUT2D eigenvalue weighted by atomic mass is 35.5. The van der Waals surface area contributed by atoms with Crippen molar-refractivity contribution in [3.05, 3.63) is 22.4 Å². The summed E-state index contributed by atoms with van der Waals surface area (Å²) in [5.41, 5.74) is 0. The van der Waals surface area contributed by atoms with Crippen LogP contribution in [0.5, 0.6) is 0 Å². The van der Waals surface area contributed by atoms with Gasteiger partial charge in [0.05, 0.1) is 0 Å². The Kier molecular flexibility index (Phi) is 2.63. The lowest BCUT2D eigenvalue weighted by molar-refractivity contribution is 0.144. The van der Waals surface area contributed by atoms with E-state index in [0.717, 1.165) is 0 Å². The molecule has 56 valence electrons. The molecule has 0 bridgehead atoms. The molecular formula is C6H5ClF2S. The Labute approximate surface area is 66.4 Å². The van der Waals surface area contributed by atoms with Gasteiger partial charge in [-0.25, -0.2) is 8.78 Å². The number of hydrogen-bond acceptors (Lipinski definition) is 1. The lowest BCUT2D eigenvalue weighted by Gasteiger charge is -2.03. The van der Waals surface area contributed by atoms with Crippen LogP contribution in [0.2, 0.25) is 0 Å². The summed E-state index contributed by atoms with van der Waals surface area (Å²) in [5.74, 6) is 0. The van der Waals surface area contributed by atoms with Crippen LogP contribution in [0.4, 0.5) is 8.78 Å². The van der Waals surface area contributed by atoms with Gasteiger partial charge in [-0.1, -0.05) is 6.07 Å². The molecule has 1 aromatic rings. The van der Waals surface area contributed by atoms with E-state index in [1.807, 2.05) is 0 Å². The Morgan fingerprint density at radius 2 is 2.20 bits per heavy atom. The molecule has 1 unspecified atom stereocenters. The summed E-state index contributed by atoms with van der Waals surface area (Å²) in [6, 6.07) is 3.31. The molecule has 1 rings (SSSR count). The zero-order chi connectivity index (χ0) is 7.56. The number of thiophene rings is 1. The molecule has 0 aromatic carbocycles. The molecule has 0 aliphatic heterocycles. The molecule has 0 radical (unpaired) electrons. The lowest BCUT2D eigenvalue weighted by atomic mass is 10.3. The monoisotopic (exact) mass is 182 g/mol. The van der Waals surface area contributed by atoms with Gasteiger partial charge >= 0.3 is 0 Å². The van der Waals surface area contributed by atoms with Crippen molar-refractivity contribution in [1.29, 1.82) is 0 Å². The normalized spacial score (nSPS) is 14.0. The molecule has 1 heterocycles. The first-order valence-corrected chi connectivity index (χ1v) is 3.99. The third-order valence-electron chi connectivity index (χ3n) is 1.04. The molecule has 0 nitrogen and oxygen atoms in total. The van der Waals surface area contributed by atoms with Gasteiger partial charge in [0.1, 0.15) is 5.38 Å². The van der Waals surface area contributed by atoms with Crippen LogP contribution in [0, 0.1) is 0 Å². The van der Waals surface area contributed by atoms with Gasteiger partial charge in [0.25, 0.3) is 6.43 Å². The topological polar surface area (TPSA) is 0 Å². The lowest BCUT2D eigenvalue weighted by Crippen LogP contribution is -1.98. The van der Waals surface area contributed by atoms with Crippen molar-refractivity contribution in [1.82, 2.24) is 0 Å². The molecule has 0 aliphatic carbocycles. The van der Waals surface area contributed by atoms with Crippen molar-refractivity contribution in [3.63, 3.8) is 0 Å². The Hall–Kier alpha value is -0.150. The first-order valence-electron chi connectivity index (χ1n) is 2.67. The molecule has 0 spiro atoms. The molecule has 0 N–H and O–H groups in total. The van der Waals surface area contributed by atoms with Gasteiger partial charge in [-0.05, 0) is 11.4 Å². The van der Waals surface area contributed by atoms with E-state index in [1.54, 1.807) is 17.5 Å². The summed E-state index contributed by atoms with van der Waals surface area (Å²) >= 11 is 6.59. The van der Waals surface area contributed by atoms with E-state index < -0.39 is 11.8 Å². The fourth-order valence-corrected chi connectivity index (χ4v) is 1.50. The van der Waals surface area contributed by atoms with Crippen LogP contribution in [-0.4, -0.2) is 6.43 Å². The average molecular weight is 183 g/mol. The molecule has 0 saturated carbocycles. The van der Waals surface area contributed by atoms with Crippen LogP contribution in [0.25, 0.3) is 0 Å². The Morgan fingerprint density at radius 3 is 2.60 bits per heavy atom. The van der Waals surface area contributed by atoms with Crippen LogP contribution < -0.4 is 0 Å². The van der Waals surface area contributed by atoms with Crippen LogP contribution in [0.1, 0.15) is 10.3 Å². The zero-order valence-corrected chi connectivity index (χ0v) is 6.50. The SMILES string of the molecule is FC(F)C(Cl)c1cccs1. The molecule has 10 heavy (non-hydrogen) atoms. The van der Waals surface area contributed by atoms with Crippen molar-refractivity contribution in [2.75, 3.05) is 0 Å². The summed E-state index contributed by atoms with van der Waals surface area (Å²) < 4.78 is 23.7. The fourth-order valence-electron chi connectivity index (χ4n) is 0.572. The fraction of sp³-hybridized carbons (Fsp3) is 0.333. The summed E-state index contributed by atoms with van der Waals surface area (Å²) in [6.07, 6.45) is -2.47. The van der Waals surface area contributed by atoms with Crippen LogP contribution in [0.3, 0.4) is 0 Å². The van der Waals surface area contributed by atoms with Gasteiger partial charge in [-0.3, -0.25) is 0 Å². The van der Waals surface area contributed by atoms with E-state index in [0.29, 0.717) is 4.88 Å². The first kappa shape index (κ1) is 7.95. The number of rotatable bonds is 2. The maximum absolute atomic E-state index is 11.9. The second-order valence-electron chi connectivity index (χ2n) is 1.75. The van der Waals surface area contributed by atoms with Gasteiger partial charge in [0.15, 0.2) is 0 Å². The molecule has 1 atom stereocenters. The number of hydrogen-bond donors (Lipinski definition) is 0. The highest BCUT2D eigenvalue weighted by molar-refractivity contribution is 7.10. The van der Waals surface area contributed by atoms with Gasteiger partial charge in [0.2, 0.25) is 0 Å². The summed E-state index contributed by atoms with van der Waals surface area (Å²) in [5, 5.41) is 0.590. The van der Waals surface area contributed by atoms with Crippen molar-refractivity contribution in [3.8, 4) is 0 Å². The standard InChI is InChI=1S/C6H5ClF2S/c7-5(6(8)9)4-2-1-3-10-4/h1-3,5-6H. The van der Waals surface area contributed by atoms with E-state index in [2.05, 4.69) is 0 Å². The molecule has 0 fully saturated rings. The third-order valence-corrected chi connectivity index (χ3v) is 2.55. The number of alkyl halides is 3. The molecule has 0 saturated heterocycles. The van der Waals surface area contributed by atoms with Gasteiger partial charge < -0.3 is 0 Å². The van der Waals surface area contributed by atoms with Crippen molar-refractivity contribution < 1.29 is 8.78 Å². The minimum absolute atomic E-state index is 0.525. The Balaban J connectivity index is 2.68. The van der Waals surface area contributed by atoms with Crippen molar-refractivity contribution >= 4 is 22.9 Å². The van der Waals surface area contributed by atoms with E-state index in [1.165, 1.54) is 11.3 Å². The van der Waals surface area contributed by atoms with Crippen molar-refractivity contribution in [2.24, 2.45) is 0 Å². The predicted molar refractivity (Wildman–Crippen MR) is 38.9 cm³/mol. The highest BCUT2D eigenvalue weighted by Gasteiger charge is 2.19. The van der Waals surface area contributed by atoms with Gasteiger partial charge in [0, 0.05) is 4.88 Å². The predicted octanol–water partition coefficient (Wildman–Crippen LogP) is 3.29. The summed E-state index contributed by atoms with van der Waals surface area (Å²) in [6.45, 7) is 0. The smallest absolute Gasteiger partial charge is 0.208 e. The molecule has 0 aliphatic rings. The van der Waals surface area contributed by atoms with E-state index in [4.69, 9.17) is 11.6 Å². The Morgan fingerprint density at radius 1 is 1.50 bits per heavy atom. The van der Waals surface area contributed by atoms with E-state index >= 15 is 0 Å². The molecular weight excluding hydrogens is 178 g/mol. The third kappa shape index (κ3) is 1.67. The minimum atomic E-state index is -2.47. The minimum Gasteiger partial charge on any atom is -0.208 e. The van der Waals surface area contributed by atoms with Gasteiger partial charge in [-0.15, -0.1) is 22.9 Å². The quantitative estimate of drug-likeness (QED) is 0.616. The Bertz CT molecular complexity index is 186. The number of halogens is 3. The van der Waals surface area contributed by atoms with E-state index in [-0.39, 0.29) is 0 Å². The highest BCUT2D eigenvalue weighted by Crippen LogP contribution is 2.30. The summed E-state index contributed by atoms with van der Waals surface area (Å²) in [7, 11) is 0. The largest absolute Gasteiger partial charge is 0.259 e. The van der Waals surface area contributed by atoms with Crippen LogP contribution in [-0.2, 0) is 0 Å². The van der Waals surface area contributed by atoms with Crippen LogP contribution in [0.15, 0.2) is 17.5 Å². The van der Waals surface area contributed by atoms with Crippen molar-refractivity contribution in [2.45, 2.75) is 11.8 Å². The molecule has 4 heteroatoms. The molecule has 0 amide bonds. The van der Waals surface area contributed by atoms with Gasteiger partial charge in [-0.2, -0.15) is 0 Å². The average Bonchev–Trinajstić information content (AvgIpc) is 2.36. The van der Waals surface area contributed by atoms with E-state index in [9.17, 15) is 8.78 Å². The second-order valence-corrected chi connectivity index (χ2v) is 3.20. The molecule has 1 aromatic heterocycles. The summed E-state index contributed by atoms with van der Waals surface area (Å²) in [4.78, 5) is 0.525. The first-order chi connectivity index (χ1) is 4.72. The van der Waals surface area contributed by atoms with Crippen LogP contribution >= 0.6 is 22.9 Å².